The van der Waals surface area contributed by atoms with Gasteiger partial charge in [0.15, 0.2) is 6.10 Å². The molecule has 0 heterocycles. The van der Waals surface area contributed by atoms with Gasteiger partial charge in [0.25, 0.3) is 0 Å². The lowest BCUT2D eigenvalue weighted by Crippen LogP contribution is -2.30. The van der Waals surface area contributed by atoms with E-state index in [2.05, 4.69) is 130 Å². The van der Waals surface area contributed by atoms with Gasteiger partial charge in [0, 0.05) is 19.3 Å². The van der Waals surface area contributed by atoms with E-state index in [1.54, 1.807) is 0 Å². The smallest absolute Gasteiger partial charge is 0.463 e. The van der Waals surface area contributed by atoms with E-state index in [0.29, 0.717) is 19.3 Å². The molecule has 0 amide bonds. The molecule has 4 N–H and O–H groups in total. The number of allylic oxidation sites excluding steroid dienone is 18. The number of esters is 3. The third kappa shape index (κ3) is 63.6. The number of hydrogen-bond donors (Lipinski definition) is 4. The van der Waals surface area contributed by atoms with Crippen molar-refractivity contribution in [2.75, 3.05) is 39.6 Å². The molecule has 0 aliphatic heterocycles. The van der Waals surface area contributed by atoms with E-state index in [-0.39, 0.29) is 19.3 Å². The Bertz CT molecular complexity index is 2030. The van der Waals surface area contributed by atoms with Crippen LogP contribution in [0.1, 0.15) is 252 Å². The summed E-state index contributed by atoms with van der Waals surface area (Å²) in [6.45, 7) is 2.38. The molecule has 0 aliphatic carbocycles. The Hall–Kier alpha value is -3.79. The second-order valence-corrected chi connectivity index (χ2v) is 24.8. The maximum Gasteiger partial charge on any atom is 0.472 e. The number of rotatable bonds is 62. The first-order chi connectivity index (χ1) is 42.2. The zero-order chi connectivity index (χ0) is 63.8. The Morgan fingerprint density at radius 3 is 0.966 bits per heavy atom. The maximum atomic E-state index is 12.9. The molecule has 18 heteroatoms. The van der Waals surface area contributed by atoms with Crippen LogP contribution in [0.5, 0.6) is 0 Å². The number of unbranched alkanes of at least 4 members (excludes halogenated alkanes) is 21. The number of carbonyl (C=O) groups excluding carboxylic acids is 3. The highest BCUT2D eigenvalue weighted by atomic mass is 31.2. The summed E-state index contributed by atoms with van der Waals surface area (Å²) in [4.78, 5) is 58.2. The molecule has 16 nitrogen and oxygen atoms in total. The van der Waals surface area contributed by atoms with Gasteiger partial charge in [-0.1, -0.05) is 239 Å². The van der Waals surface area contributed by atoms with E-state index >= 15 is 0 Å². The van der Waals surface area contributed by atoms with Gasteiger partial charge in [0.2, 0.25) is 0 Å². The first-order valence-electron chi connectivity index (χ1n) is 33.2. The van der Waals surface area contributed by atoms with Gasteiger partial charge in [-0.25, -0.2) is 9.13 Å². The van der Waals surface area contributed by atoms with Crippen LogP contribution in [0.2, 0.25) is 0 Å². The van der Waals surface area contributed by atoms with Crippen molar-refractivity contribution in [1.29, 1.82) is 0 Å². The zero-order valence-corrected chi connectivity index (χ0v) is 55.7. The van der Waals surface area contributed by atoms with Crippen LogP contribution < -0.4 is 0 Å². The SMILES string of the molecule is CC/C=C\C/C=C\C/C=C\C/C=C\C/C=C\C/C=C\CCCCCCC(=O)OCC(O)COP(=O)(O)OCC(O)COP(=O)(O)OCC(COC(=O)CCCCCCCCC/C=C\C/C=C\C/C=C\CC)OC(=O)CCCCCCCCCCCCC. The summed E-state index contributed by atoms with van der Waals surface area (Å²) < 4.78 is 60.7. The van der Waals surface area contributed by atoms with Crippen molar-refractivity contribution >= 4 is 33.6 Å². The first-order valence-corrected chi connectivity index (χ1v) is 36.2. The van der Waals surface area contributed by atoms with Crippen LogP contribution in [0.25, 0.3) is 0 Å². The Labute approximate surface area is 526 Å². The van der Waals surface area contributed by atoms with Crippen LogP contribution in [0.15, 0.2) is 109 Å². The molecule has 0 aromatic carbocycles. The third-order valence-corrected chi connectivity index (χ3v) is 15.4. The molecule has 0 aliphatic rings. The normalized spacial score (nSPS) is 15.0. The number of phosphoric acid groups is 2. The molecular weight excluding hydrogens is 1150 g/mol. The van der Waals surface area contributed by atoms with Crippen LogP contribution in [0.4, 0.5) is 0 Å². The van der Waals surface area contributed by atoms with Gasteiger partial charge in [0.05, 0.1) is 26.4 Å². The van der Waals surface area contributed by atoms with Gasteiger partial charge < -0.3 is 34.2 Å². The standard InChI is InChI=1S/C69H118O16P2/c1-4-7-10-13-16-19-22-24-26-28-29-30-31-32-33-35-37-38-41-43-46-49-52-55-67(72)79-58-64(70)59-81-86(75,76)82-60-65(71)61-83-87(77,78)84-63-66(85-69(74)57-54-51-48-45-40-21-18-15-12-9-6-3)62-80-68(73)56-53-50-47-44-42-39-36-34-27-25-23-20-17-14-11-8-5-2/h7-8,10-11,16-17,19-20,24-27,29-30,32-33,37-38,64-66,70-71H,4-6,9,12-15,18,21-23,28,31,34-36,39-63H2,1-3H3,(H,75,76)(H,77,78)/b10-7-,11-8-,19-16-,20-17-,26-24-,27-25-,30-29-,33-32-,38-37-. The molecule has 0 bridgehead atoms. The highest BCUT2D eigenvalue weighted by Crippen LogP contribution is 2.45. The molecule has 0 spiro atoms. The maximum absolute atomic E-state index is 12.9. The number of phosphoric ester groups is 2. The number of aliphatic hydroxyl groups is 2. The molecule has 0 aromatic heterocycles. The van der Waals surface area contributed by atoms with Gasteiger partial charge in [-0.3, -0.25) is 32.5 Å². The molecule has 0 aromatic rings. The molecule has 0 radical (unpaired) electrons. The van der Waals surface area contributed by atoms with Gasteiger partial charge in [0.1, 0.15) is 25.4 Å². The van der Waals surface area contributed by atoms with Crippen molar-refractivity contribution < 1.29 is 75.8 Å². The minimum atomic E-state index is -4.92. The van der Waals surface area contributed by atoms with E-state index in [1.807, 2.05) is 0 Å². The highest BCUT2D eigenvalue weighted by Gasteiger charge is 2.29. The molecule has 500 valence electrons. The topological polar surface area (TPSA) is 231 Å². The Kier molecular flexibility index (Phi) is 59.7. The summed E-state index contributed by atoms with van der Waals surface area (Å²) in [6, 6.07) is 0. The molecular formula is C69H118O16P2. The lowest BCUT2D eigenvalue weighted by molar-refractivity contribution is -0.161. The quantitative estimate of drug-likeness (QED) is 0.0146. The Morgan fingerprint density at radius 1 is 0.333 bits per heavy atom. The monoisotopic (exact) mass is 1260 g/mol. The minimum Gasteiger partial charge on any atom is -0.463 e. The average molecular weight is 1270 g/mol. The predicted molar refractivity (Wildman–Crippen MR) is 353 cm³/mol. The van der Waals surface area contributed by atoms with Crippen LogP contribution in [0, 0.1) is 0 Å². The number of aliphatic hydroxyl groups excluding tert-OH is 2. The fourth-order valence-electron chi connectivity index (χ4n) is 8.47. The molecule has 5 atom stereocenters. The Balaban J connectivity index is 4.59. The fraction of sp³-hybridized carbons (Fsp3) is 0.696. The largest absolute Gasteiger partial charge is 0.472 e. The van der Waals surface area contributed by atoms with Crippen LogP contribution >= 0.6 is 15.6 Å². The number of hydrogen-bond acceptors (Lipinski definition) is 14. The van der Waals surface area contributed by atoms with Crippen LogP contribution in [0.3, 0.4) is 0 Å². The van der Waals surface area contributed by atoms with Crippen LogP contribution in [-0.2, 0) is 55.8 Å². The van der Waals surface area contributed by atoms with Crippen molar-refractivity contribution in [3.05, 3.63) is 109 Å². The first kappa shape index (κ1) is 83.2. The molecule has 87 heavy (non-hydrogen) atoms. The van der Waals surface area contributed by atoms with E-state index in [0.717, 1.165) is 154 Å². The fourth-order valence-corrected chi connectivity index (χ4v) is 10.1. The van der Waals surface area contributed by atoms with Crippen molar-refractivity contribution in [2.45, 2.75) is 270 Å². The van der Waals surface area contributed by atoms with Gasteiger partial charge in [-0.15, -0.1) is 0 Å². The molecule has 0 fully saturated rings. The summed E-state index contributed by atoms with van der Waals surface area (Å²) in [5.74, 6) is -1.61. The van der Waals surface area contributed by atoms with Crippen molar-refractivity contribution in [3.8, 4) is 0 Å². The van der Waals surface area contributed by atoms with E-state index in [1.165, 1.54) is 38.5 Å². The molecule has 0 rings (SSSR count). The predicted octanol–water partition coefficient (Wildman–Crippen LogP) is 18.1. The highest BCUT2D eigenvalue weighted by molar-refractivity contribution is 7.47. The number of carbonyl (C=O) groups is 3. The van der Waals surface area contributed by atoms with Crippen molar-refractivity contribution in [2.24, 2.45) is 0 Å². The molecule has 5 unspecified atom stereocenters. The van der Waals surface area contributed by atoms with Crippen molar-refractivity contribution in [1.82, 2.24) is 0 Å². The van der Waals surface area contributed by atoms with E-state index in [4.69, 9.17) is 32.3 Å². The summed E-state index contributed by atoms with van der Waals surface area (Å²) >= 11 is 0. The summed E-state index contributed by atoms with van der Waals surface area (Å²) in [7, 11) is -9.78. The minimum absolute atomic E-state index is 0.103. The summed E-state index contributed by atoms with van der Waals surface area (Å²) in [6.07, 6.45) is 68.6. The summed E-state index contributed by atoms with van der Waals surface area (Å²) in [5.41, 5.74) is 0. The lowest BCUT2D eigenvalue weighted by Gasteiger charge is -2.21. The second-order valence-electron chi connectivity index (χ2n) is 21.9. The van der Waals surface area contributed by atoms with Gasteiger partial charge >= 0.3 is 33.6 Å². The molecule has 0 saturated heterocycles. The van der Waals surface area contributed by atoms with E-state index in [9.17, 15) is 43.5 Å². The van der Waals surface area contributed by atoms with E-state index < -0.39 is 91.5 Å². The summed E-state index contributed by atoms with van der Waals surface area (Å²) in [5, 5.41) is 20.5. The number of ether oxygens (including phenoxy) is 3. The zero-order valence-electron chi connectivity index (χ0n) is 53.9. The van der Waals surface area contributed by atoms with Gasteiger partial charge in [-0.2, -0.15) is 0 Å². The van der Waals surface area contributed by atoms with Gasteiger partial charge in [-0.05, 0) is 103 Å². The lowest BCUT2D eigenvalue weighted by atomic mass is 10.1. The van der Waals surface area contributed by atoms with Crippen molar-refractivity contribution in [3.63, 3.8) is 0 Å². The third-order valence-electron chi connectivity index (χ3n) is 13.5. The van der Waals surface area contributed by atoms with Crippen LogP contribution in [-0.4, -0.2) is 95.9 Å². The molecule has 0 saturated carbocycles. The Morgan fingerprint density at radius 2 is 0.609 bits per heavy atom. The second kappa shape index (κ2) is 62.4. The average Bonchev–Trinajstić information content (AvgIpc) is 3.57.